The molecule has 4 fully saturated rings. The van der Waals surface area contributed by atoms with E-state index in [1.54, 1.807) is 6.08 Å². The fourth-order valence-electron chi connectivity index (χ4n) is 9.81. The molecule has 300 valence electrons. The summed E-state index contributed by atoms with van der Waals surface area (Å²) in [7, 11) is 0. The van der Waals surface area contributed by atoms with Crippen LogP contribution in [0.1, 0.15) is 67.6 Å². The number of amides is 4. The van der Waals surface area contributed by atoms with Crippen LogP contribution in [0.3, 0.4) is 0 Å². The number of alkyl halides is 6. The van der Waals surface area contributed by atoms with Gasteiger partial charge in [0.1, 0.15) is 11.5 Å². The summed E-state index contributed by atoms with van der Waals surface area (Å²) < 4.78 is 85.5. The second kappa shape index (κ2) is 13.9. The van der Waals surface area contributed by atoms with Gasteiger partial charge in [-0.25, -0.2) is 4.98 Å². The molecule has 8 rings (SSSR count). The number of rotatable bonds is 6. The van der Waals surface area contributed by atoms with Crippen LogP contribution in [0, 0.1) is 23.7 Å². The Morgan fingerprint density at radius 3 is 2.23 bits per heavy atom. The van der Waals surface area contributed by atoms with Crippen molar-refractivity contribution in [3.63, 3.8) is 0 Å². The molecule has 2 N–H and O–H groups in total. The molecular weight excluding hydrogens is 805 g/mol. The van der Waals surface area contributed by atoms with E-state index in [4.69, 9.17) is 23.2 Å². The minimum absolute atomic E-state index is 0.0246. The number of benzene rings is 2. The zero-order valence-electron chi connectivity index (χ0n) is 29.5. The van der Waals surface area contributed by atoms with Crippen LogP contribution >= 0.6 is 23.2 Å². The second-order valence-electron chi connectivity index (χ2n) is 15.0. The molecule has 1 aromatic heterocycles. The van der Waals surface area contributed by atoms with Crippen molar-refractivity contribution < 1.29 is 55.4 Å². The molecule has 3 aliphatic carbocycles. The normalized spacial score (nSPS) is 27.9. The molecule has 5 aliphatic rings. The highest BCUT2D eigenvalue weighted by Gasteiger charge is 2.71. The minimum Gasteiger partial charge on any atom is -0.508 e. The Morgan fingerprint density at radius 1 is 0.877 bits per heavy atom. The molecule has 0 radical (unpaired) electrons. The number of carbonyl (C=O) groups is 4. The summed E-state index contributed by atoms with van der Waals surface area (Å²) in [6.07, 6.45) is -4.20. The van der Waals surface area contributed by atoms with Crippen LogP contribution in [0.15, 0.2) is 66.4 Å². The van der Waals surface area contributed by atoms with E-state index >= 15 is 4.79 Å². The van der Waals surface area contributed by atoms with Gasteiger partial charge in [0.15, 0.2) is 5.82 Å². The van der Waals surface area contributed by atoms with Gasteiger partial charge in [-0.3, -0.25) is 29.5 Å². The molecule has 10 nitrogen and oxygen atoms in total. The Morgan fingerprint density at radius 2 is 1.58 bits per heavy atom. The zero-order valence-corrected chi connectivity index (χ0v) is 31.1. The predicted octanol–water partition coefficient (Wildman–Crippen LogP) is 8.33. The van der Waals surface area contributed by atoms with Gasteiger partial charge in [0.25, 0.3) is 11.8 Å². The van der Waals surface area contributed by atoms with Gasteiger partial charge in [0, 0.05) is 28.7 Å². The summed E-state index contributed by atoms with van der Waals surface area (Å²) in [5.74, 6) is -10.2. The summed E-state index contributed by atoms with van der Waals surface area (Å²) >= 11 is 12.5. The average Bonchev–Trinajstić information content (AvgIpc) is 3.53. The Kier molecular flexibility index (Phi) is 9.53. The highest BCUT2D eigenvalue weighted by atomic mass is 35.5. The quantitative estimate of drug-likeness (QED) is 0.144. The van der Waals surface area contributed by atoms with Crippen LogP contribution in [0.5, 0.6) is 11.5 Å². The highest BCUT2D eigenvalue weighted by molar-refractivity contribution is 6.33. The Bertz CT molecular complexity index is 2210. The van der Waals surface area contributed by atoms with Crippen molar-refractivity contribution in [3.8, 4) is 11.5 Å². The molecule has 2 aromatic carbocycles. The lowest BCUT2D eigenvalue weighted by Gasteiger charge is -2.50. The summed E-state index contributed by atoms with van der Waals surface area (Å²) in [5.41, 5.74) is -0.576. The molecule has 4 amide bonds. The van der Waals surface area contributed by atoms with Crippen molar-refractivity contribution in [3.05, 3.63) is 93.1 Å². The SMILES string of the molecule is O=C1C2CC3C(=CCC4C(=O)N(C5CCCCC5)C(=O)C43)C(c3cc(OC(F)(F)F)ccc3O)C2(c2ccc(Cl)cc2)C(=O)N1Nc1ncc(C(F)(F)F)cc1Cl. The van der Waals surface area contributed by atoms with E-state index in [1.807, 2.05) is 0 Å². The van der Waals surface area contributed by atoms with E-state index in [-0.39, 0.29) is 40.9 Å². The number of phenols is 1. The van der Waals surface area contributed by atoms with Gasteiger partial charge in [-0.2, -0.15) is 18.2 Å². The van der Waals surface area contributed by atoms with Crippen LogP contribution in [-0.4, -0.2) is 56.0 Å². The van der Waals surface area contributed by atoms with Crippen molar-refractivity contribution in [1.29, 1.82) is 0 Å². The first-order valence-electron chi connectivity index (χ1n) is 18.2. The third-order valence-corrected chi connectivity index (χ3v) is 12.6. The number of imide groups is 2. The molecule has 6 atom stereocenters. The number of hydrogen-bond acceptors (Lipinski definition) is 8. The number of anilines is 1. The molecular formula is C39H32Cl2F6N4O6. The molecule has 0 spiro atoms. The maximum absolute atomic E-state index is 15.3. The third kappa shape index (κ3) is 6.39. The van der Waals surface area contributed by atoms with Gasteiger partial charge >= 0.3 is 12.5 Å². The van der Waals surface area contributed by atoms with Gasteiger partial charge in [-0.1, -0.05) is 66.2 Å². The molecule has 2 aliphatic heterocycles. The number of pyridine rings is 1. The number of halogens is 8. The Hall–Kier alpha value is -4.83. The van der Waals surface area contributed by atoms with E-state index in [9.17, 15) is 45.8 Å². The second-order valence-corrected chi connectivity index (χ2v) is 15.9. The molecule has 2 saturated heterocycles. The number of likely N-dealkylation sites (tertiary alicyclic amines) is 1. The standard InChI is InChI=1S/C39H32Cl2F6N4O6/c40-20-8-6-18(7-9-20)37-27(34(54)51(36(37)56)49-32-28(41)14-19(17-48-32)38(42,43)44)16-25-23(31(37)26-15-22(10-13-29(26)52)57-39(45,46)47)11-12-24-30(25)35(55)50(33(24)53)21-4-2-1-3-5-21/h6-11,13-15,17,21,24-25,27,30-31,52H,1-5,12,16H2,(H,48,49). The summed E-state index contributed by atoms with van der Waals surface area (Å²) in [5, 5.41) is 11.7. The molecule has 3 heterocycles. The largest absolute Gasteiger partial charge is 0.573 e. The van der Waals surface area contributed by atoms with Crippen LogP contribution < -0.4 is 10.2 Å². The molecule has 2 saturated carbocycles. The first kappa shape index (κ1) is 39.0. The predicted molar refractivity (Wildman–Crippen MR) is 190 cm³/mol. The Balaban J connectivity index is 1.32. The van der Waals surface area contributed by atoms with Crippen molar-refractivity contribution >= 4 is 52.6 Å². The minimum atomic E-state index is -5.16. The van der Waals surface area contributed by atoms with Gasteiger partial charge in [-0.05, 0) is 73.6 Å². The summed E-state index contributed by atoms with van der Waals surface area (Å²) in [6, 6.07) is 8.74. The lowest BCUT2D eigenvalue weighted by molar-refractivity contribution is -0.274. The number of hydrazine groups is 1. The van der Waals surface area contributed by atoms with Crippen LogP contribution in [0.25, 0.3) is 0 Å². The maximum atomic E-state index is 15.3. The van der Waals surface area contributed by atoms with Crippen molar-refractivity contribution in [2.75, 3.05) is 5.43 Å². The number of phenolic OH excluding ortho intramolecular Hbond substituents is 1. The summed E-state index contributed by atoms with van der Waals surface area (Å²) in [6.45, 7) is 0. The number of carbonyl (C=O) groups excluding carboxylic acids is 4. The zero-order chi connectivity index (χ0) is 40.8. The van der Waals surface area contributed by atoms with Crippen molar-refractivity contribution in [2.45, 2.75) is 74.9 Å². The summed E-state index contributed by atoms with van der Waals surface area (Å²) in [4.78, 5) is 63.7. The van der Waals surface area contributed by atoms with Crippen molar-refractivity contribution in [2.24, 2.45) is 23.7 Å². The molecule has 0 bridgehead atoms. The number of nitrogens with one attached hydrogen (secondary N) is 1. The van der Waals surface area contributed by atoms with Crippen molar-refractivity contribution in [1.82, 2.24) is 14.9 Å². The van der Waals surface area contributed by atoms with Gasteiger partial charge in [0.05, 0.1) is 33.8 Å². The van der Waals surface area contributed by atoms with Gasteiger partial charge in [0.2, 0.25) is 11.8 Å². The number of nitrogens with zero attached hydrogens (tertiary/aromatic N) is 3. The van der Waals surface area contributed by atoms with Crippen LogP contribution in [0.2, 0.25) is 10.0 Å². The molecule has 57 heavy (non-hydrogen) atoms. The number of aromatic nitrogens is 1. The van der Waals surface area contributed by atoms with Gasteiger partial charge < -0.3 is 9.84 Å². The fraction of sp³-hybridized carbons (Fsp3) is 0.410. The van der Waals surface area contributed by atoms with Crippen LogP contribution in [-0.2, 0) is 30.8 Å². The number of allylic oxidation sites excluding steroid dienone is 2. The Labute approximate surface area is 330 Å². The van der Waals surface area contributed by atoms with E-state index in [0.717, 1.165) is 37.5 Å². The topological polar surface area (TPSA) is 129 Å². The molecule has 3 aromatic rings. The average molecular weight is 838 g/mol. The lowest BCUT2D eigenvalue weighted by atomic mass is 9.49. The third-order valence-electron chi connectivity index (χ3n) is 12.1. The van der Waals surface area contributed by atoms with E-state index in [1.165, 1.54) is 29.2 Å². The van der Waals surface area contributed by atoms with E-state index in [2.05, 4.69) is 15.1 Å². The number of aromatic hydroxyl groups is 1. The van der Waals surface area contributed by atoms with E-state index < -0.39 is 93.2 Å². The number of ether oxygens (including phenoxy) is 1. The first-order chi connectivity index (χ1) is 26.9. The lowest BCUT2D eigenvalue weighted by Crippen LogP contribution is -2.53. The fourth-order valence-corrected chi connectivity index (χ4v) is 10.1. The number of fused-ring (bicyclic) bond motifs is 4. The molecule has 18 heteroatoms. The molecule has 6 unspecified atom stereocenters. The maximum Gasteiger partial charge on any atom is 0.573 e. The van der Waals surface area contributed by atoms with Gasteiger partial charge in [-0.15, -0.1) is 13.2 Å². The monoisotopic (exact) mass is 836 g/mol. The first-order valence-corrected chi connectivity index (χ1v) is 19.0. The smallest absolute Gasteiger partial charge is 0.508 e. The number of hydrogen-bond donors (Lipinski definition) is 2. The van der Waals surface area contributed by atoms with E-state index in [0.29, 0.717) is 35.7 Å². The highest BCUT2D eigenvalue weighted by Crippen LogP contribution is 2.65. The van der Waals surface area contributed by atoms with Crippen LogP contribution in [0.4, 0.5) is 32.2 Å².